The zero-order valence-corrected chi connectivity index (χ0v) is 36.6. The first-order valence-corrected chi connectivity index (χ1v) is 21.8. The van der Waals surface area contributed by atoms with E-state index in [1.54, 1.807) is 0 Å². The lowest BCUT2D eigenvalue weighted by Gasteiger charge is -2.26. The van der Waals surface area contributed by atoms with E-state index < -0.39 is 0 Å². The number of ether oxygens (including phenoxy) is 6. The Balaban J connectivity index is 1.51. The third-order valence-corrected chi connectivity index (χ3v) is 11.8. The van der Waals surface area contributed by atoms with Crippen LogP contribution in [0, 0.1) is 0 Å². The van der Waals surface area contributed by atoms with Gasteiger partial charge in [-0.15, -0.1) is 0 Å². The van der Waals surface area contributed by atoms with Crippen LogP contribution in [-0.2, 0) is 73.1 Å². The van der Waals surface area contributed by atoms with Gasteiger partial charge in [-0.05, 0) is 90.4 Å². The monoisotopic (exact) mass is 820 g/mol. The lowest BCUT2D eigenvalue weighted by atomic mass is 9.81. The molecule has 1 heterocycles. The van der Waals surface area contributed by atoms with Gasteiger partial charge in [-0.25, -0.2) is 0 Å². The highest BCUT2D eigenvalue weighted by atomic mass is 16.6. The van der Waals surface area contributed by atoms with Crippen LogP contribution in [0.25, 0.3) is 0 Å². The second-order valence-electron chi connectivity index (χ2n) is 18.7. The van der Waals surface area contributed by atoms with Crippen molar-refractivity contribution in [3.8, 4) is 23.0 Å². The summed E-state index contributed by atoms with van der Waals surface area (Å²) in [6.07, 6.45) is 3.54. The largest absolute Gasteiger partial charge is 0.507 e. The molecule has 3 aliphatic carbocycles. The zero-order chi connectivity index (χ0) is 42.4. The van der Waals surface area contributed by atoms with Gasteiger partial charge in [0.05, 0.1) is 52.9 Å². The molecule has 4 aromatic rings. The summed E-state index contributed by atoms with van der Waals surface area (Å²) in [5.74, 6) is 2.13. The summed E-state index contributed by atoms with van der Waals surface area (Å²) in [7, 11) is 0. The Kier molecular flexibility index (Phi) is 13.9. The number of benzene rings is 4. The summed E-state index contributed by atoms with van der Waals surface area (Å²) < 4.78 is 36.9. The highest BCUT2D eigenvalue weighted by Crippen LogP contribution is 2.42. The summed E-state index contributed by atoms with van der Waals surface area (Å²) >= 11 is 0. The number of ketones is 1. The number of carbonyl (C=O) groups excluding carboxylic acids is 1. The van der Waals surface area contributed by atoms with Crippen molar-refractivity contribution in [3.63, 3.8) is 0 Å². The highest BCUT2D eigenvalue weighted by molar-refractivity contribution is 5.79. The number of Topliss-reactive ketones (excluding diaryl/α,β-unsaturated/α-hetero) is 1. The maximum atomic E-state index is 13.6. The first-order chi connectivity index (χ1) is 28.7. The van der Waals surface area contributed by atoms with Crippen molar-refractivity contribution in [2.75, 3.05) is 66.1 Å². The van der Waals surface area contributed by atoms with E-state index in [4.69, 9.17) is 28.4 Å². The van der Waals surface area contributed by atoms with Gasteiger partial charge in [0.25, 0.3) is 0 Å². The molecular weight excluding hydrogens is 757 g/mol. The van der Waals surface area contributed by atoms with Gasteiger partial charge < -0.3 is 38.6 Å². The van der Waals surface area contributed by atoms with Crippen molar-refractivity contribution in [3.05, 3.63) is 115 Å². The van der Waals surface area contributed by atoms with Crippen molar-refractivity contribution in [1.82, 2.24) is 0 Å². The van der Waals surface area contributed by atoms with Crippen LogP contribution < -0.4 is 9.47 Å². The molecule has 60 heavy (non-hydrogen) atoms. The molecule has 9 heteroatoms. The summed E-state index contributed by atoms with van der Waals surface area (Å²) in [5, 5.41) is 24.7. The molecule has 0 radical (unpaired) electrons. The van der Waals surface area contributed by atoms with Crippen LogP contribution in [0.1, 0.15) is 121 Å². The van der Waals surface area contributed by atoms with Crippen molar-refractivity contribution >= 4 is 5.78 Å². The molecule has 322 valence electrons. The second-order valence-corrected chi connectivity index (χ2v) is 18.7. The van der Waals surface area contributed by atoms with Gasteiger partial charge >= 0.3 is 0 Å². The fourth-order valence-electron chi connectivity index (χ4n) is 8.44. The van der Waals surface area contributed by atoms with Crippen LogP contribution in [0.4, 0.5) is 0 Å². The number of hydrogen-bond acceptors (Lipinski definition) is 9. The Morgan fingerprint density at radius 2 is 0.683 bits per heavy atom. The van der Waals surface area contributed by atoms with Gasteiger partial charge in [-0.3, -0.25) is 4.79 Å². The predicted molar refractivity (Wildman–Crippen MR) is 234 cm³/mol. The molecule has 0 amide bonds. The Morgan fingerprint density at radius 3 is 0.967 bits per heavy atom. The summed E-state index contributed by atoms with van der Waals surface area (Å²) in [5.41, 5.74) is 10.7. The minimum atomic E-state index is -0.202. The molecule has 0 saturated heterocycles. The predicted octanol–water partition coefficient (Wildman–Crippen LogP) is 8.65. The molecule has 0 fully saturated rings. The molecule has 0 unspecified atom stereocenters. The van der Waals surface area contributed by atoms with Gasteiger partial charge in [0, 0.05) is 38.5 Å². The number of aryl methyl sites for hydroxylation is 2. The number of phenolic OH excluding ortho intramolecular Hbond substituents is 2. The summed E-state index contributed by atoms with van der Waals surface area (Å²) in [4.78, 5) is 13.6. The van der Waals surface area contributed by atoms with Crippen molar-refractivity contribution in [1.29, 1.82) is 0 Å². The number of hydrogen-bond donors (Lipinski definition) is 2. The number of carbonyl (C=O) groups is 1. The maximum Gasteiger partial charge on any atom is 0.133 e. The normalized spacial score (nSPS) is 17.8. The Bertz CT molecular complexity index is 1910. The standard InChI is InChI=1S/C51H64O9/c1-50(2,3)43-29-35-25-39-21-33-7-9-45(52)10-8-34-22-40(26-36(30-43)46(35)53)49-42(24-34)28-38-32-44(51(4,5)6)31-37(47(38)54)27-41(23-33)48(39)59-19-17-57-15-13-55-11-12-56-14-16-58-18-20-60-49/h21-24,29-32,53-54H,7-20,25-28H2,1-6H3. The lowest BCUT2D eigenvalue weighted by molar-refractivity contribution is -0.119. The van der Waals surface area contributed by atoms with E-state index in [0.717, 1.165) is 66.8 Å². The van der Waals surface area contributed by atoms with E-state index in [1.165, 1.54) is 0 Å². The van der Waals surface area contributed by atoms with E-state index in [9.17, 15) is 15.0 Å². The molecule has 12 bridgehead atoms. The maximum absolute atomic E-state index is 13.6. The minimum Gasteiger partial charge on any atom is -0.507 e. The summed E-state index contributed by atoms with van der Waals surface area (Å²) in [6.45, 7) is 17.1. The van der Waals surface area contributed by atoms with Gasteiger partial charge in [0.2, 0.25) is 0 Å². The third kappa shape index (κ3) is 10.9. The number of rotatable bonds is 0. The van der Waals surface area contributed by atoms with E-state index >= 15 is 0 Å². The molecule has 4 aliphatic rings. The number of fused-ring (bicyclic) bond motifs is 4. The van der Waals surface area contributed by atoms with Gasteiger partial charge in [-0.2, -0.15) is 0 Å². The van der Waals surface area contributed by atoms with E-state index in [-0.39, 0.29) is 28.1 Å². The van der Waals surface area contributed by atoms with Crippen LogP contribution >= 0.6 is 0 Å². The molecule has 0 spiro atoms. The smallest absolute Gasteiger partial charge is 0.133 e. The SMILES string of the molecule is CC(C)(C)c1cc2c(O)c(c1)Cc1cc3cc4c1OCCOCCOCCOCCOCCOc1c(cc(cc1Cc1cc(C(C)(C)C)cc(c1O)C4)CCC(=O)CC3)C2. The van der Waals surface area contributed by atoms with Crippen LogP contribution in [0.3, 0.4) is 0 Å². The lowest BCUT2D eigenvalue weighted by Crippen LogP contribution is -2.16. The van der Waals surface area contributed by atoms with Crippen LogP contribution in [-0.4, -0.2) is 82.1 Å². The van der Waals surface area contributed by atoms with Crippen LogP contribution in [0.15, 0.2) is 48.5 Å². The summed E-state index contributed by atoms with van der Waals surface area (Å²) in [6, 6.07) is 17.1. The fraction of sp³-hybridized carbons (Fsp3) is 0.510. The minimum absolute atomic E-state index is 0.202. The Morgan fingerprint density at radius 1 is 0.400 bits per heavy atom. The van der Waals surface area contributed by atoms with Crippen molar-refractivity contribution < 1.29 is 43.4 Å². The average Bonchev–Trinajstić information content (AvgIpc) is 3.18. The Labute approximate surface area is 356 Å². The van der Waals surface area contributed by atoms with Gasteiger partial charge in [-0.1, -0.05) is 90.1 Å². The van der Waals surface area contributed by atoms with Gasteiger partial charge in [0.1, 0.15) is 42.0 Å². The molecule has 0 atom stereocenters. The molecule has 9 nitrogen and oxygen atoms in total. The molecule has 2 N–H and O–H groups in total. The second kappa shape index (κ2) is 19.1. The highest BCUT2D eigenvalue weighted by Gasteiger charge is 2.27. The Hall–Kier alpha value is -4.41. The molecule has 8 rings (SSSR count). The number of phenols is 2. The molecule has 1 aliphatic heterocycles. The van der Waals surface area contributed by atoms with Crippen molar-refractivity contribution in [2.24, 2.45) is 0 Å². The first kappa shape index (κ1) is 43.7. The third-order valence-electron chi connectivity index (χ3n) is 11.8. The van der Waals surface area contributed by atoms with E-state index in [1.807, 2.05) is 0 Å². The molecule has 0 aromatic heterocycles. The molecular formula is C51H64O9. The van der Waals surface area contributed by atoms with Gasteiger partial charge in [0.15, 0.2) is 0 Å². The van der Waals surface area contributed by atoms with Crippen LogP contribution in [0.5, 0.6) is 23.0 Å². The fourth-order valence-corrected chi connectivity index (χ4v) is 8.44. The number of aromatic hydroxyl groups is 2. The topological polar surface area (TPSA) is 113 Å². The van der Waals surface area contributed by atoms with Crippen molar-refractivity contribution in [2.45, 2.75) is 104 Å². The van der Waals surface area contributed by atoms with Crippen LogP contribution in [0.2, 0.25) is 0 Å². The quantitative estimate of drug-likeness (QED) is 0.159. The van der Waals surface area contributed by atoms with E-state index in [0.29, 0.717) is 129 Å². The van der Waals surface area contributed by atoms with E-state index in [2.05, 4.69) is 90.1 Å². The molecule has 4 aromatic carbocycles. The average molecular weight is 821 g/mol. The zero-order valence-electron chi connectivity index (χ0n) is 36.6. The molecule has 0 saturated carbocycles. The first-order valence-electron chi connectivity index (χ1n) is 21.8.